The van der Waals surface area contributed by atoms with Crippen molar-refractivity contribution in [3.8, 4) is 0 Å². The van der Waals surface area contributed by atoms with Crippen LogP contribution in [0.3, 0.4) is 0 Å². The molecule has 0 aliphatic carbocycles. The van der Waals surface area contributed by atoms with Crippen molar-refractivity contribution in [2.45, 2.75) is 61.3 Å². The molecule has 10 atom stereocenters. The van der Waals surface area contributed by atoms with E-state index < -0.39 is 74.5 Å². The Morgan fingerprint density at radius 3 is 1.87 bits per heavy atom. The van der Waals surface area contributed by atoms with Crippen molar-refractivity contribution < 1.29 is 44.8 Å². The standard InChI is InChI=1S/C12H24N2O9/c13-5-4(2-16)22-12(9(19)7(5)17)23-10-8(18)6(14)3(1-15)21-11(10)20/h3-12,15-20H,1-2,13-14H2/t3-,4-,5-,6-,7+,8+,9+,10+,11+,12-/m1/s1. The first-order valence-corrected chi connectivity index (χ1v) is 7.23. The first kappa shape index (κ1) is 18.9. The number of aliphatic hydroxyl groups excluding tert-OH is 6. The Morgan fingerprint density at radius 1 is 0.783 bits per heavy atom. The van der Waals surface area contributed by atoms with Crippen molar-refractivity contribution in [3.05, 3.63) is 0 Å². The first-order valence-electron chi connectivity index (χ1n) is 7.23. The van der Waals surface area contributed by atoms with Crippen molar-refractivity contribution in [1.29, 1.82) is 0 Å². The number of aliphatic hydroxyl groups is 6. The average molecular weight is 340 g/mol. The number of nitrogens with two attached hydrogens (primary N) is 2. The lowest BCUT2D eigenvalue weighted by Crippen LogP contribution is -2.67. The third-order valence-electron chi connectivity index (χ3n) is 4.17. The summed E-state index contributed by atoms with van der Waals surface area (Å²) in [5, 5.41) is 58.0. The highest BCUT2D eigenvalue weighted by molar-refractivity contribution is 4.95. The smallest absolute Gasteiger partial charge is 0.187 e. The van der Waals surface area contributed by atoms with Crippen LogP contribution >= 0.6 is 0 Å². The van der Waals surface area contributed by atoms with Gasteiger partial charge in [0.15, 0.2) is 12.6 Å². The molecular weight excluding hydrogens is 316 g/mol. The van der Waals surface area contributed by atoms with E-state index in [-0.39, 0.29) is 0 Å². The van der Waals surface area contributed by atoms with Gasteiger partial charge in [0.25, 0.3) is 0 Å². The summed E-state index contributed by atoms with van der Waals surface area (Å²) >= 11 is 0. The lowest BCUT2D eigenvalue weighted by atomic mass is 9.95. The molecule has 0 amide bonds. The molecule has 0 unspecified atom stereocenters. The van der Waals surface area contributed by atoms with Gasteiger partial charge >= 0.3 is 0 Å². The molecule has 0 aromatic carbocycles. The van der Waals surface area contributed by atoms with Crippen LogP contribution in [0.2, 0.25) is 0 Å². The van der Waals surface area contributed by atoms with Gasteiger partial charge in [-0.3, -0.25) is 0 Å². The topological polar surface area (TPSA) is 201 Å². The molecule has 2 rings (SSSR count). The van der Waals surface area contributed by atoms with E-state index in [1.165, 1.54) is 0 Å². The second kappa shape index (κ2) is 7.63. The highest BCUT2D eigenvalue weighted by atomic mass is 16.7. The zero-order chi connectivity index (χ0) is 17.3. The fourth-order valence-corrected chi connectivity index (χ4v) is 2.65. The van der Waals surface area contributed by atoms with Crippen LogP contribution in [0.15, 0.2) is 0 Å². The quantitative estimate of drug-likeness (QED) is 0.242. The molecule has 2 aliphatic rings. The average Bonchev–Trinajstić information content (AvgIpc) is 2.54. The SMILES string of the molecule is N[C@H]1[C@H](O)[C@H](O)[C@@H](O[C@H]2[C@@H](O)[C@H](N)[C@@H](CO)O[C@@H]2O)O[C@@H]1CO. The van der Waals surface area contributed by atoms with Crippen molar-refractivity contribution in [1.82, 2.24) is 0 Å². The Morgan fingerprint density at radius 2 is 1.30 bits per heavy atom. The van der Waals surface area contributed by atoms with E-state index in [1.54, 1.807) is 0 Å². The lowest BCUT2D eigenvalue weighted by Gasteiger charge is -2.45. The largest absolute Gasteiger partial charge is 0.394 e. The molecule has 0 aromatic heterocycles. The summed E-state index contributed by atoms with van der Waals surface area (Å²) in [6.07, 6.45) is -10.9. The van der Waals surface area contributed by atoms with Crippen LogP contribution in [0.5, 0.6) is 0 Å². The van der Waals surface area contributed by atoms with Gasteiger partial charge in [-0.25, -0.2) is 0 Å². The first-order chi connectivity index (χ1) is 10.8. The third kappa shape index (κ3) is 3.65. The van der Waals surface area contributed by atoms with E-state index in [4.69, 9.17) is 30.8 Å². The molecule has 2 aliphatic heterocycles. The summed E-state index contributed by atoms with van der Waals surface area (Å²) < 4.78 is 15.6. The summed E-state index contributed by atoms with van der Waals surface area (Å²) in [5.41, 5.74) is 11.3. The van der Waals surface area contributed by atoms with Crippen LogP contribution in [0.1, 0.15) is 0 Å². The Bertz CT molecular complexity index is 388. The number of hydrogen-bond acceptors (Lipinski definition) is 11. The maximum atomic E-state index is 10.1. The van der Waals surface area contributed by atoms with Gasteiger partial charge in [0.1, 0.15) is 36.6 Å². The Labute approximate surface area is 132 Å². The van der Waals surface area contributed by atoms with Gasteiger partial charge in [0.2, 0.25) is 0 Å². The summed E-state index contributed by atoms with van der Waals surface area (Å²) in [7, 11) is 0. The molecular formula is C12H24N2O9. The third-order valence-corrected chi connectivity index (χ3v) is 4.17. The molecule has 136 valence electrons. The summed E-state index contributed by atoms with van der Waals surface area (Å²) in [6.45, 7) is -1.03. The molecule has 0 aromatic rings. The summed E-state index contributed by atoms with van der Waals surface area (Å²) in [6, 6.07) is -2.08. The molecule has 0 radical (unpaired) electrons. The molecule has 2 fully saturated rings. The summed E-state index contributed by atoms with van der Waals surface area (Å²) in [4.78, 5) is 0. The Kier molecular flexibility index (Phi) is 6.27. The van der Waals surface area contributed by atoms with E-state index in [2.05, 4.69) is 0 Å². The molecule has 11 heteroatoms. The van der Waals surface area contributed by atoms with E-state index in [1.807, 2.05) is 0 Å². The van der Waals surface area contributed by atoms with E-state index >= 15 is 0 Å². The van der Waals surface area contributed by atoms with Crippen molar-refractivity contribution in [2.75, 3.05) is 13.2 Å². The maximum absolute atomic E-state index is 10.1. The fourth-order valence-electron chi connectivity index (χ4n) is 2.65. The van der Waals surface area contributed by atoms with Crippen molar-refractivity contribution in [3.63, 3.8) is 0 Å². The van der Waals surface area contributed by atoms with Gasteiger partial charge in [-0.15, -0.1) is 0 Å². The molecule has 10 N–H and O–H groups in total. The predicted octanol–water partition coefficient (Wildman–Crippen LogP) is -5.46. The van der Waals surface area contributed by atoms with Gasteiger partial charge in [-0.1, -0.05) is 0 Å². The molecule has 23 heavy (non-hydrogen) atoms. The number of hydrogen-bond donors (Lipinski definition) is 8. The molecule has 2 saturated heterocycles. The van der Waals surface area contributed by atoms with Crippen molar-refractivity contribution in [2.24, 2.45) is 11.5 Å². The highest BCUT2D eigenvalue weighted by Crippen LogP contribution is 2.27. The second-order valence-corrected chi connectivity index (χ2v) is 5.70. The lowest BCUT2D eigenvalue weighted by molar-refractivity contribution is -0.342. The van der Waals surface area contributed by atoms with Gasteiger partial charge in [-0.05, 0) is 0 Å². The molecule has 0 bridgehead atoms. The fraction of sp³-hybridized carbons (Fsp3) is 1.00. The van der Waals surface area contributed by atoms with Crippen LogP contribution < -0.4 is 11.5 Å². The zero-order valence-electron chi connectivity index (χ0n) is 12.3. The molecule has 11 nitrogen and oxygen atoms in total. The predicted molar refractivity (Wildman–Crippen MR) is 72.6 cm³/mol. The van der Waals surface area contributed by atoms with Gasteiger partial charge < -0.3 is 56.3 Å². The monoisotopic (exact) mass is 340 g/mol. The molecule has 2 heterocycles. The summed E-state index contributed by atoms with van der Waals surface area (Å²) in [5.74, 6) is 0. The van der Waals surface area contributed by atoms with Crippen LogP contribution in [0, 0.1) is 0 Å². The number of rotatable bonds is 4. The second-order valence-electron chi connectivity index (χ2n) is 5.70. The van der Waals surface area contributed by atoms with Crippen LogP contribution in [-0.2, 0) is 14.2 Å². The van der Waals surface area contributed by atoms with E-state index in [0.29, 0.717) is 0 Å². The zero-order valence-corrected chi connectivity index (χ0v) is 12.3. The Hall–Kier alpha value is -0.440. The minimum absolute atomic E-state index is 0.509. The van der Waals surface area contributed by atoms with Gasteiger partial charge in [-0.2, -0.15) is 0 Å². The van der Waals surface area contributed by atoms with Crippen LogP contribution in [-0.4, -0.2) is 105 Å². The Balaban J connectivity index is 2.08. The molecule has 0 spiro atoms. The van der Waals surface area contributed by atoms with Gasteiger partial charge in [0, 0.05) is 0 Å². The van der Waals surface area contributed by atoms with Crippen molar-refractivity contribution >= 4 is 0 Å². The number of ether oxygens (including phenoxy) is 3. The van der Waals surface area contributed by atoms with Crippen LogP contribution in [0.4, 0.5) is 0 Å². The van der Waals surface area contributed by atoms with E-state index in [9.17, 15) is 25.5 Å². The minimum Gasteiger partial charge on any atom is -0.394 e. The molecule has 0 saturated carbocycles. The van der Waals surface area contributed by atoms with Gasteiger partial charge in [0.05, 0.1) is 25.3 Å². The normalized spacial score (nSPS) is 51.7. The highest BCUT2D eigenvalue weighted by Gasteiger charge is 2.49. The van der Waals surface area contributed by atoms with E-state index in [0.717, 1.165) is 0 Å². The minimum atomic E-state index is -1.64. The maximum Gasteiger partial charge on any atom is 0.187 e. The van der Waals surface area contributed by atoms with Crippen LogP contribution in [0.25, 0.3) is 0 Å².